The Morgan fingerprint density at radius 2 is 1.09 bits per heavy atom. The fraction of sp³-hybridized carbons (Fsp3) is 0.429. The molecule has 0 atom stereocenters. The van der Waals surface area contributed by atoms with Gasteiger partial charge in [0.2, 0.25) is 0 Å². The Kier molecular flexibility index (Phi) is 6.52. The van der Waals surface area contributed by atoms with Crippen molar-refractivity contribution in [2.75, 3.05) is 13.2 Å². The van der Waals surface area contributed by atoms with Crippen molar-refractivity contribution >= 4 is 0 Å². The predicted molar refractivity (Wildman–Crippen MR) is 96.8 cm³/mol. The molecule has 2 rings (SSSR count). The second-order valence-electron chi connectivity index (χ2n) is 5.63. The molecular formula is C21H28O2. The Bertz CT molecular complexity index is 576. The Balaban J connectivity index is 2.40. The first-order chi connectivity index (χ1) is 11.2. The molecule has 2 nitrogen and oxygen atoms in total. The molecule has 23 heavy (non-hydrogen) atoms. The van der Waals surface area contributed by atoms with Crippen molar-refractivity contribution in [1.82, 2.24) is 0 Å². The lowest BCUT2D eigenvalue weighted by Crippen LogP contribution is -2.02. The van der Waals surface area contributed by atoms with E-state index in [1.807, 2.05) is 13.8 Å². The first-order valence-corrected chi connectivity index (χ1v) is 8.70. The van der Waals surface area contributed by atoms with Crippen LogP contribution in [0.5, 0.6) is 11.5 Å². The monoisotopic (exact) mass is 312 g/mol. The summed E-state index contributed by atoms with van der Waals surface area (Å²) in [6.07, 6.45) is 2.91. The summed E-state index contributed by atoms with van der Waals surface area (Å²) in [7, 11) is 0. The lowest BCUT2D eigenvalue weighted by atomic mass is 9.98. The Morgan fingerprint density at radius 3 is 1.43 bits per heavy atom. The Hall–Kier alpha value is -1.96. The molecule has 2 aromatic carbocycles. The number of rotatable bonds is 8. The molecule has 0 spiro atoms. The molecule has 0 unspecified atom stereocenters. The van der Waals surface area contributed by atoms with Gasteiger partial charge in [-0.2, -0.15) is 0 Å². The van der Waals surface area contributed by atoms with Gasteiger partial charge in [-0.05, 0) is 61.1 Å². The van der Waals surface area contributed by atoms with Crippen LogP contribution in [0.4, 0.5) is 0 Å². The van der Waals surface area contributed by atoms with Gasteiger partial charge in [0, 0.05) is 6.42 Å². The summed E-state index contributed by atoms with van der Waals surface area (Å²) in [6.45, 7) is 9.80. The quantitative estimate of drug-likeness (QED) is 0.667. The van der Waals surface area contributed by atoms with E-state index in [4.69, 9.17) is 9.47 Å². The molecule has 0 saturated heterocycles. The molecule has 0 radical (unpaired) electrons. The number of benzene rings is 2. The standard InChI is InChI=1S/C21H28O2/c1-5-16-9-11-20(22-7-3)18(13-16)15-19-14-17(6-2)10-12-21(19)23-8-4/h9-14H,5-8,15H2,1-4H3. The number of hydrogen-bond donors (Lipinski definition) is 0. The van der Waals surface area contributed by atoms with E-state index in [1.165, 1.54) is 22.3 Å². The molecule has 0 bridgehead atoms. The smallest absolute Gasteiger partial charge is 0.122 e. The summed E-state index contributed by atoms with van der Waals surface area (Å²) in [5, 5.41) is 0. The van der Waals surface area contributed by atoms with E-state index >= 15 is 0 Å². The van der Waals surface area contributed by atoms with Crippen LogP contribution in [-0.4, -0.2) is 13.2 Å². The van der Waals surface area contributed by atoms with E-state index < -0.39 is 0 Å². The van der Waals surface area contributed by atoms with Crippen molar-refractivity contribution in [3.05, 3.63) is 58.7 Å². The third-order valence-electron chi connectivity index (χ3n) is 4.05. The van der Waals surface area contributed by atoms with Gasteiger partial charge in [-0.25, -0.2) is 0 Å². The SMILES string of the molecule is CCOc1ccc(CC)cc1Cc1cc(CC)ccc1OCC. The van der Waals surface area contributed by atoms with E-state index in [1.54, 1.807) is 0 Å². The summed E-state index contributed by atoms with van der Waals surface area (Å²) < 4.78 is 11.6. The highest BCUT2D eigenvalue weighted by Crippen LogP contribution is 2.29. The number of aryl methyl sites for hydroxylation is 2. The summed E-state index contributed by atoms with van der Waals surface area (Å²) in [5.41, 5.74) is 5.15. The maximum atomic E-state index is 5.82. The zero-order valence-electron chi connectivity index (χ0n) is 14.8. The van der Waals surface area contributed by atoms with E-state index in [9.17, 15) is 0 Å². The second kappa shape index (κ2) is 8.61. The van der Waals surface area contributed by atoms with Crippen LogP contribution in [0, 0.1) is 0 Å². The third kappa shape index (κ3) is 4.51. The largest absolute Gasteiger partial charge is 0.494 e. The zero-order chi connectivity index (χ0) is 16.7. The van der Waals surface area contributed by atoms with Crippen LogP contribution in [0.2, 0.25) is 0 Å². The fourth-order valence-corrected chi connectivity index (χ4v) is 2.78. The van der Waals surface area contributed by atoms with Crippen molar-refractivity contribution in [1.29, 1.82) is 0 Å². The molecule has 2 heteroatoms. The molecule has 0 aliphatic heterocycles. The third-order valence-corrected chi connectivity index (χ3v) is 4.05. The fourth-order valence-electron chi connectivity index (χ4n) is 2.78. The van der Waals surface area contributed by atoms with Crippen LogP contribution in [0.25, 0.3) is 0 Å². The summed E-state index contributed by atoms with van der Waals surface area (Å²) in [4.78, 5) is 0. The Labute approximate surface area is 140 Å². The predicted octanol–water partition coefficient (Wildman–Crippen LogP) is 5.20. The maximum absolute atomic E-state index is 5.82. The molecule has 0 saturated carbocycles. The minimum absolute atomic E-state index is 0.686. The van der Waals surface area contributed by atoms with Crippen LogP contribution >= 0.6 is 0 Å². The molecule has 0 fully saturated rings. The van der Waals surface area contributed by atoms with Crippen molar-refractivity contribution in [2.24, 2.45) is 0 Å². The first-order valence-electron chi connectivity index (χ1n) is 8.70. The molecule has 0 aromatic heterocycles. The Morgan fingerprint density at radius 1 is 0.652 bits per heavy atom. The van der Waals surface area contributed by atoms with Gasteiger partial charge in [-0.15, -0.1) is 0 Å². The van der Waals surface area contributed by atoms with Crippen LogP contribution in [0.15, 0.2) is 36.4 Å². The topological polar surface area (TPSA) is 18.5 Å². The first kappa shape index (κ1) is 17.4. The van der Waals surface area contributed by atoms with Crippen LogP contribution < -0.4 is 9.47 Å². The second-order valence-corrected chi connectivity index (χ2v) is 5.63. The molecule has 0 N–H and O–H groups in total. The average Bonchev–Trinajstić information content (AvgIpc) is 2.58. The van der Waals surface area contributed by atoms with Gasteiger partial charge >= 0.3 is 0 Å². The van der Waals surface area contributed by atoms with Gasteiger partial charge in [0.05, 0.1) is 13.2 Å². The minimum atomic E-state index is 0.686. The van der Waals surface area contributed by atoms with E-state index in [-0.39, 0.29) is 0 Å². The zero-order valence-corrected chi connectivity index (χ0v) is 14.8. The van der Waals surface area contributed by atoms with Crippen molar-refractivity contribution in [3.8, 4) is 11.5 Å². The van der Waals surface area contributed by atoms with Crippen LogP contribution in [0.1, 0.15) is 49.9 Å². The minimum Gasteiger partial charge on any atom is -0.494 e. The van der Waals surface area contributed by atoms with Gasteiger partial charge in [0.15, 0.2) is 0 Å². The molecule has 2 aromatic rings. The number of ether oxygens (including phenoxy) is 2. The lowest BCUT2D eigenvalue weighted by molar-refractivity contribution is 0.333. The molecule has 0 aliphatic rings. The molecule has 0 aliphatic carbocycles. The number of hydrogen-bond acceptors (Lipinski definition) is 2. The molecular weight excluding hydrogens is 284 g/mol. The molecule has 0 amide bonds. The van der Waals surface area contributed by atoms with E-state index in [0.717, 1.165) is 30.8 Å². The van der Waals surface area contributed by atoms with Gasteiger partial charge in [0.1, 0.15) is 11.5 Å². The van der Waals surface area contributed by atoms with Gasteiger partial charge in [0.25, 0.3) is 0 Å². The summed E-state index contributed by atoms with van der Waals surface area (Å²) in [5.74, 6) is 1.96. The maximum Gasteiger partial charge on any atom is 0.122 e. The lowest BCUT2D eigenvalue weighted by Gasteiger charge is -2.15. The normalized spacial score (nSPS) is 10.6. The van der Waals surface area contributed by atoms with Crippen LogP contribution in [0.3, 0.4) is 0 Å². The molecule has 124 valence electrons. The highest BCUT2D eigenvalue weighted by atomic mass is 16.5. The molecule has 0 heterocycles. The summed E-state index contributed by atoms with van der Waals surface area (Å²) >= 11 is 0. The highest BCUT2D eigenvalue weighted by molar-refractivity contribution is 5.45. The summed E-state index contributed by atoms with van der Waals surface area (Å²) in [6, 6.07) is 13.0. The van der Waals surface area contributed by atoms with Crippen molar-refractivity contribution in [3.63, 3.8) is 0 Å². The highest BCUT2D eigenvalue weighted by Gasteiger charge is 2.11. The van der Waals surface area contributed by atoms with E-state index in [2.05, 4.69) is 50.2 Å². The van der Waals surface area contributed by atoms with Crippen molar-refractivity contribution in [2.45, 2.75) is 47.0 Å². The van der Waals surface area contributed by atoms with Crippen LogP contribution in [-0.2, 0) is 19.3 Å². The van der Waals surface area contributed by atoms with Gasteiger partial charge in [-0.3, -0.25) is 0 Å². The average molecular weight is 312 g/mol. The van der Waals surface area contributed by atoms with Gasteiger partial charge in [-0.1, -0.05) is 38.1 Å². The van der Waals surface area contributed by atoms with E-state index in [0.29, 0.717) is 13.2 Å². The van der Waals surface area contributed by atoms with Crippen molar-refractivity contribution < 1.29 is 9.47 Å². The van der Waals surface area contributed by atoms with Gasteiger partial charge < -0.3 is 9.47 Å².